The smallest absolute Gasteiger partial charge is 0.135 e. The summed E-state index contributed by atoms with van der Waals surface area (Å²) in [4.78, 5) is 2.13. The molecule has 2 rings (SSSR count). The molecule has 0 aliphatic rings. The van der Waals surface area contributed by atoms with Crippen molar-refractivity contribution in [1.29, 1.82) is 0 Å². The van der Waals surface area contributed by atoms with Gasteiger partial charge in [0.2, 0.25) is 0 Å². The molecule has 0 atom stereocenters. The average Bonchev–Trinajstić information content (AvgIpc) is 2.77. The number of halogens is 2. The zero-order valence-electron chi connectivity index (χ0n) is 11.1. The van der Waals surface area contributed by atoms with Crippen LogP contribution in [0, 0.1) is 11.6 Å². The van der Waals surface area contributed by atoms with Gasteiger partial charge in [-0.25, -0.2) is 8.78 Å². The highest BCUT2D eigenvalue weighted by Crippen LogP contribution is 2.25. The van der Waals surface area contributed by atoms with Gasteiger partial charge in [0.1, 0.15) is 11.6 Å². The van der Waals surface area contributed by atoms with Gasteiger partial charge in [-0.2, -0.15) is 5.10 Å². The van der Waals surface area contributed by atoms with E-state index in [2.05, 4.69) is 22.0 Å². The van der Waals surface area contributed by atoms with E-state index < -0.39 is 11.6 Å². The van der Waals surface area contributed by atoms with Crippen LogP contribution in [-0.2, 0) is 6.54 Å². The second kappa shape index (κ2) is 5.93. The van der Waals surface area contributed by atoms with Gasteiger partial charge < -0.3 is 4.90 Å². The Balaban J connectivity index is 2.28. The maximum Gasteiger partial charge on any atom is 0.135 e. The number of aromatic nitrogens is 2. The van der Waals surface area contributed by atoms with Crippen LogP contribution >= 0.6 is 0 Å². The summed E-state index contributed by atoms with van der Waals surface area (Å²) in [6, 6.07) is 3.57. The van der Waals surface area contributed by atoms with Crippen LogP contribution in [0.2, 0.25) is 0 Å². The summed E-state index contributed by atoms with van der Waals surface area (Å²) in [5.74, 6) is -1.16. The van der Waals surface area contributed by atoms with Crippen molar-refractivity contribution < 1.29 is 8.78 Å². The number of hydrogen-bond donors (Lipinski definition) is 1. The Morgan fingerprint density at radius 2 is 2.11 bits per heavy atom. The molecule has 0 aliphatic carbocycles. The van der Waals surface area contributed by atoms with Crippen LogP contribution < -0.4 is 0 Å². The Kier molecular flexibility index (Phi) is 4.27. The Labute approximate surface area is 111 Å². The first-order chi connectivity index (χ1) is 9.11. The Morgan fingerprint density at radius 1 is 1.32 bits per heavy atom. The van der Waals surface area contributed by atoms with Crippen molar-refractivity contribution in [2.45, 2.75) is 19.9 Å². The molecule has 3 nitrogen and oxygen atoms in total. The van der Waals surface area contributed by atoms with Crippen molar-refractivity contribution in [2.24, 2.45) is 0 Å². The van der Waals surface area contributed by atoms with Crippen molar-refractivity contribution >= 4 is 0 Å². The molecule has 1 aromatic carbocycles. The second-order valence-corrected chi connectivity index (χ2v) is 4.63. The van der Waals surface area contributed by atoms with E-state index in [1.54, 1.807) is 6.20 Å². The SMILES string of the molecule is CCCN(C)Cc1cn[nH]c1-c1ccc(F)cc1F. The summed E-state index contributed by atoms with van der Waals surface area (Å²) in [6.45, 7) is 3.74. The van der Waals surface area contributed by atoms with Crippen molar-refractivity contribution in [3.05, 3.63) is 41.6 Å². The summed E-state index contributed by atoms with van der Waals surface area (Å²) in [5.41, 5.74) is 1.86. The molecule has 0 amide bonds. The van der Waals surface area contributed by atoms with Crippen LogP contribution in [-0.4, -0.2) is 28.7 Å². The first-order valence-corrected chi connectivity index (χ1v) is 6.28. The summed E-state index contributed by atoms with van der Waals surface area (Å²) in [5, 5.41) is 6.75. The van der Waals surface area contributed by atoms with Crippen LogP contribution in [0.4, 0.5) is 8.78 Å². The van der Waals surface area contributed by atoms with E-state index in [4.69, 9.17) is 0 Å². The van der Waals surface area contributed by atoms with Crippen LogP contribution in [0.5, 0.6) is 0 Å². The van der Waals surface area contributed by atoms with E-state index in [-0.39, 0.29) is 0 Å². The Morgan fingerprint density at radius 3 is 2.79 bits per heavy atom. The lowest BCUT2D eigenvalue weighted by Gasteiger charge is -2.15. The van der Waals surface area contributed by atoms with Crippen LogP contribution in [0.15, 0.2) is 24.4 Å². The molecule has 1 heterocycles. The Bertz CT molecular complexity index is 551. The lowest BCUT2D eigenvalue weighted by molar-refractivity contribution is 0.328. The monoisotopic (exact) mass is 265 g/mol. The summed E-state index contributed by atoms with van der Waals surface area (Å²) in [7, 11) is 2.00. The average molecular weight is 265 g/mol. The molecule has 0 bridgehead atoms. The van der Waals surface area contributed by atoms with Crippen LogP contribution in [0.3, 0.4) is 0 Å². The van der Waals surface area contributed by atoms with Crippen LogP contribution in [0.25, 0.3) is 11.3 Å². The molecule has 19 heavy (non-hydrogen) atoms. The van der Waals surface area contributed by atoms with Gasteiger partial charge in [0.05, 0.1) is 11.9 Å². The standard InChI is InChI=1S/C14H17F2N3/c1-3-6-19(2)9-10-8-17-18-14(10)12-5-4-11(15)7-13(12)16/h4-5,7-8H,3,6,9H2,1-2H3,(H,17,18). The summed E-state index contributed by atoms with van der Waals surface area (Å²) in [6.07, 6.45) is 2.74. The van der Waals surface area contributed by atoms with Gasteiger partial charge in [-0.05, 0) is 32.1 Å². The molecule has 0 aliphatic heterocycles. The predicted octanol–water partition coefficient (Wildman–Crippen LogP) is 3.20. The number of nitrogens with one attached hydrogen (secondary N) is 1. The minimum absolute atomic E-state index is 0.346. The normalized spacial score (nSPS) is 11.2. The van der Waals surface area contributed by atoms with Crippen molar-refractivity contribution in [3.63, 3.8) is 0 Å². The van der Waals surface area contributed by atoms with Gasteiger partial charge in [0, 0.05) is 23.7 Å². The largest absolute Gasteiger partial charge is 0.302 e. The van der Waals surface area contributed by atoms with Gasteiger partial charge in [-0.3, -0.25) is 5.10 Å². The second-order valence-electron chi connectivity index (χ2n) is 4.63. The van der Waals surface area contributed by atoms with E-state index in [0.717, 1.165) is 24.6 Å². The molecule has 0 unspecified atom stereocenters. The highest BCUT2D eigenvalue weighted by molar-refractivity contribution is 5.63. The number of rotatable bonds is 5. The molecular formula is C14H17F2N3. The van der Waals surface area contributed by atoms with Crippen LogP contribution in [0.1, 0.15) is 18.9 Å². The first-order valence-electron chi connectivity index (χ1n) is 6.28. The third-order valence-electron chi connectivity index (χ3n) is 2.96. The predicted molar refractivity (Wildman–Crippen MR) is 70.6 cm³/mol. The summed E-state index contributed by atoms with van der Waals surface area (Å²) >= 11 is 0. The Hall–Kier alpha value is -1.75. The van der Waals surface area contributed by atoms with Gasteiger partial charge in [-0.1, -0.05) is 6.92 Å². The van der Waals surface area contributed by atoms with Crippen molar-refractivity contribution in [2.75, 3.05) is 13.6 Å². The van der Waals surface area contributed by atoms with E-state index in [9.17, 15) is 8.78 Å². The molecule has 0 radical (unpaired) electrons. The number of nitrogens with zero attached hydrogens (tertiary/aromatic N) is 2. The van der Waals surface area contributed by atoms with Gasteiger partial charge in [0.25, 0.3) is 0 Å². The minimum atomic E-state index is -0.580. The zero-order valence-corrected chi connectivity index (χ0v) is 11.1. The fraction of sp³-hybridized carbons (Fsp3) is 0.357. The lowest BCUT2D eigenvalue weighted by atomic mass is 10.1. The van der Waals surface area contributed by atoms with E-state index in [1.165, 1.54) is 12.1 Å². The maximum atomic E-state index is 13.8. The van der Waals surface area contributed by atoms with E-state index in [1.807, 2.05) is 7.05 Å². The highest BCUT2D eigenvalue weighted by Gasteiger charge is 2.13. The molecule has 0 saturated heterocycles. The van der Waals surface area contributed by atoms with Gasteiger partial charge in [-0.15, -0.1) is 0 Å². The minimum Gasteiger partial charge on any atom is -0.302 e. The molecule has 0 spiro atoms. The van der Waals surface area contributed by atoms with E-state index >= 15 is 0 Å². The molecule has 2 aromatic rings. The topological polar surface area (TPSA) is 31.9 Å². The first kappa shape index (κ1) is 13.7. The van der Waals surface area contributed by atoms with Gasteiger partial charge in [0.15, 0.2) is 0 Å². The molecule has 5 heteroatoms. The third-order valence-corrected chi connectivity index (χ3v) is 2.96. The molecule has 0 fully saturated rings. The summed E-state index contributed by atoms with van der Waals surface area (Å²) < 4.78 is 26.7. The third kappa shape index (κ3) is 3.17. The molecule has 102 valence electrons. The number of hydrogen-bond acceptors (Lipinski definition) is 2. The highest BCUT2D eigenvalue weighted by atomic mass is 19.1. The zero-order chi connectivity index (χ0) is 13.8. The van der Waals surface area contributed by atoms with Crippen molar-refractivity contribution in [3.8, 4) is 11.3 Å². The fourth-order valence-corrected chi connectivity index (χ4v) is 2.11. The van der Waals surface area contributed by atoms with Crippen molar-refractivity contribution in [1.82, 2.24) is 15.1 Å². The quantitative estimate of drug-likeness (QED) is 0.900. The maximum absolute atomic E-state index is 13.8. The molecule has 1 N–H and O–H groups in total. The fourth-order valence-electron chi connectivity index (χ4n) is 2.11. The molecular weight excluding hydrogens is 248 g/mol. The number of H-pyrrole nitrogens is 1. The number of aromatic amines is 1. The molecule has 1 aromatic heterocycles. The number of benzene rings is 1. The van der Waals surface area contributed by atoms with E-state index in [0.29, 0.717) is 17.8 Å². The molecule has 0 saturated carbocycles. The van der Waals surface area contributed by atoms with Gasteiger partial charge >= 0.3 is 0 Å². The lowest BCUT2D eigenvalue weighted by Crippen LogP contribution is -2.18.